The zero-order valence-corrected chi connectivity index (χ0v) is 15.6. The number of rotatable bonds is 0. The van der Waals surface area contributed by atoms with Gasteiger partial charge in [-0.25, -0.2) is 0 Å². The van der Waals surface area contributed by atoms with Crippen LogP contribution in [0.1, 0.15) is 0 Å². The molecule has 0 atom stereocenters. The summed E-state index contributed by atoms with van der Waals surface area (Å²) in [7, 11) is 1.00. The van der Waals surface area contributed by atoms with E-state index in [0.717, 1.165) is 7.11 Å². The Morgan fingerprint density at radius 3 is 0.500 bits per heavy atom. The zero-order valence-electron chi connectivity index (χ0n) is 10.9. The minimum atomic E-state index is 0. The Balaban J connectivity index is -0.0000000000758. The second kappa shape index (κ2) is 722. The predicted molar refractivity (Wildman–Crippen MR) is 60.3 cm³/mol. The molecule has 6 heteroatoms. The molecule has 5 N–H and O–H groups in total. The van der Waals surface area contributed by atoms with Crippen molar-refractivity contribution in [2.24, 2.45) is 0 Å². The Bertz CT molecular complexity index is 19.8. The van der Waals surface area contributed by atoms with Crippen molar-refractivity contribution < 1.29 is 81.2 Å². The Morgan fingerprint density at radius 2 is 0.500 bits per heavy atom. The SMILES string of the molecule is CO.O.O.[CH3-].[CH3-].[CH3-].[CH3-].[CH3-].[CH3-].[CH3-].[Ti+2].[Ti+2].[Ti+3]. The third-order valence-electron chi connectivity index (χ3n) is 0. The third-order valence-corrected chi connectivity index (χ3v) is 0. The van der Waals surface area contributed by atoms with Gasteiger partial charge in [0.05, 0.1) is 0 Å². The Morgan fingerprint density at radius 1 is 0.500 bits per heavy atom. The molecule has 0 aliphatic rings. The summed E-state index contributed by atoms with van der Waals surface area (Å²) in [6, 6.07) is 0. The summed E-state index contributed by atoms with van der Waals surface area (Å²) in [5.74, 6) is 0. The largest absolute Gasteiger partial charge is 3.00 e. The van der Waals surface area contributed by atoms with Gasteiger partial charge in [-0.1, -0.05) is 0 Å². The van der Waals surface area contributed by atoms with Crippen LogP contribution in [0.25, 0.3) is 0 Å². The van der Waals surface area contributed by atoms with Gasteiger partial charge in [-0.15, -0.1) is 0 Å². The quantitative estimate of drug-likeness (QED) is 0.527. The van der Waals surface area contributed by atoms with Gasteiger partial charge in [0.1, 0.15) is 0 Å². The first-order valence-electron chi connectivity index (χ1n) is 0.447. The van der Waals surface area contributed by atoms with E-state index in [1.165, 1.54) is 0 Å². The molecule has 1 radical (unpaired) electrons. The van der Waals surface area contributed by atoms with Gasteiger partial charge in [-0.3, -0.25) is 0 Å². The van der Waals surface area contributed by atoms with Gasteiger partial charge in [0.25, 0.3) is 0 Å². The molecule has 0 aliphatic carbocycles. The van der Waals surface area contributed by atoms with Crippen molar-refractivity contribution in [3.05, 3.63) is 52.0 Å². The summed E-state index contributed by atoms with van der Waals surface area (Å²) in [5, 5.41) is 7.00. The molecule has 0 amide bonds. The molecule has 0 saturated heterocycles. The van der Waals surface area contributed by atoms with Gasteiger partial charge in [-0.05, 0) is 0 Å². The van der Waals surface area contributed by atoms with Crippen LogP contribution in [-0.4, -0.2) is 23.2 Å². The van der Waals surface area contributed by atoms with E-state index >= 15 is 0 Å². The minimum absolute atomic E-state index is 0. The summed E-state index contributed by atoms with van der Waals surface area (Å²) in [6.07, 6.45) is 0. The summed E-state index contributed by atoms with van der Waals surface area (Å²) in [6.45, 7) is 0. The van der Waals surface area contributed by atoms with E-state index in [9.17, 15) is 0 Å². The molecule has 0 fully saturated rings. The van der Waals surface area contributed by atoms with E-state index in [-0.39, 0.29) is 128 Å². The molecular formula is C8H29O3Ti3. The van der Waals surface area contributed by atoms with Crippen molar-refractivity contribution in [2.75, 3.05) is 7.11 Å². The second-order valence-corrected chi connectivity index (χ2v) is 0. The van der Waals surface area contributed by atoms with Crippen molar-refractivity contribution in [1.82, 2.24) is 0 Å². The molecule has 0 unspecified atom stereocenters. The minimum Gasteiger partial charge on any atom is -0.412 e. The molecule has 91 valence electrons. The van der Waals surface area contributed by atoms with Crippen LogP contribution in [0.5, 0.6) is 0 Å². The second-order valence-electron chi connectivity index (χ2n) is 0. The molecule has 14 heavy (non-hydrogen) atoms. The molecule has 3 nitrogen and oxygen atoms in total. The summed E-state index contributed by atoms with van der Waals surface area (Å²) < 4.78 is 0. The molecule has 0 aromatic carbocycles. The van der Waals surface area contributed by atoms with Gasteiger partial charge < -0.3 is 68.0 Å². The molecule has 0 spiro atoms. The summed E-state index contributed by atoms with van der Waals surface area (Å²) in [4.78, 5) is 0. The monoisotopic (exact) mass is 317 g/mol. The van der Waals surface area contributed by atoms with E-state index < -0.39 is 0 Å². The number of aliphatic hydroxyl groups excluding tert-OH is 1. The van der Waals surface area contributed by atoms with Crippen LogP contribution in [-0.2, 0) is 65.2 Å². The van der Waals surface area contributed by atoms with E-state index in [1.807, 2.05) is 0 Å². The Labute approximate surface area is 139 Å². The fourth-order valence-corrected chi connectivity index (χ4v) is 0. The molecule has 0 aromatic rings. The molecule has 0 heterocycles. The molecular weight excluding hydrogens is 288 g/mol. The third kappa shape index (κ3) is 581. The van der Waals surface area contributed by atoms with E-state index in [2.05, 4.69) is 0 Å². The summed E-state index contributed by atoms with van der Waals surface area (Å²) in [5.41, 5.74) is 0. The van der Waals surface area contributed by atoms with Crippen molar-refractivity contribution >= 4 is 0 Å². The number of aliphatic hydroxyl groups is 1. The first kappa shape index (κ1) is 396. The molecule has 0 bridgehead atoms. The maximum Gasteiger partial charge on any atom is 3.00 e. The smallest absolute Gasteiger partial charge is 0.412 e. The van der Waals surface area contributed by atoms with Gasteiger partial charge in [0.15, 0.2) is 0 Å². The average molecular weight is 317 g/mol. The van der Waals surface area contributed by atoms with E-state index in [0.29, 0.717) is 0 Å². The molecule has 0 rings (SSSR count). The van der Waals surface area contributed by atoms with Crippen LogP contribution in [0.4, 0.5) is 0 Å². The predicted octanol–water partition coefficient (Wildman–Crippen LogP) is 1.10. The first-order chi connectivity index (χ1) is 1.00. The van der Waals surface area contributed by atoms with Crippen LogP contribution in [0, 0.1) is 52.0 Å². The van der Waals surface area contributed by atoms with Crippen LogP contribution in [0.3, 0.4) is 0 Å². The van der Waals surface area contributed by atoms with Crippen molar-refractivity contribution in [1.29, 1.82) is 0 Å². The Hall–Kier alpha value is 2.02. The van der Waals surface area contributed by atoms with Gasteiger partial charge in [-0.2, -0.15) is 0 Å². The molecule has 0 saturated carbocycles. The van der Waals surface area contributed by atoms with Crippen LogP contribution < -0.4 is 0 Å². The van der Waals surface area contributed by atoms with Crippen molar-refractivity contribution in [2.45, 2.75) is 0 Å². The standard InChI is InChI=1S/CH4O.7CH3.2H2O.3Ti/c1-2;;;;;;;;;;;;/h2H,1H3;7*1H3;2*1H2;;;/q;7*-1;;;2*+2;+3. The van der Waals surface area contributed by atoms with Gasteiger partial charge in [0, 0.05) is 7.11 Å². The van der Waals surface area contributed by atoms with Crippen molar-refractivity contribution in [3.8, 4) is 0 Å². The fraction of sp³-hybridized carbons (Fsp3) is 0.125. The first-order valence-corrected chi connectivity index (χ1v) is 0.447. The van der Waals surface area contributed by atoms with Crippen LogP contribution >= 0.6 is 0 Å². The van der Waals surface area contributed by atoms with Gasteiger partial charge >= 0.3 is 65.2 Å². The Kier molecular flexibility index (Phi) is 20400. The normalized spacial score (nSPS) is 0.429. The maximum atomic E-state index is 7.00. The molecule has 0 aliphatic heterocycles. The van der Waals surface area contributed by atoms with Crippen LogP contribution in [0.2, 0.25) is 0 Å². The maximum absolute atomic E-state index is 7.00. The van der Waals surface area contributed by atoms with Gasteiger partial charge in [0.2, 0.25) is 0 Å². The fourth-order valence-electron chi connectivity index (χ4n) is 0. The van der Waals surface area contributed by atoms with Crippen LogP contribution in [0.15, 0.2) is 0 Å². The topological polar surface area (TPSA) is 83.2 Å². The number of hydrogen-bond acceptors (Lipinski definition) is 1. The summed E-state index contributed by atoms with van der Waals surface area (Å²) >= 11 is 0. The average Bonchev–Trinajstić information content (AvgIpc) is 1.00. The number of hydrogen-bond donors (Lipinski definition) is 1. The molecule has 0 aromatic heterocycles. The van der Waals surface area contributed by atoms with Crippen molar-refractivity contribution in [3.63, 3.8) is 0 Å². The van der Waals surface area contributed by atoms with E-state index in [4.69, 9.17) is 5.11 Å². The van der Waals surface area contributed by atoms with E-state index in [1.54, 1.807) is 0 Å². The zero-order chi connectivity index (χ0) is 2.00.